The van der Waals surface area contributed by atoms with Gasteiger partial charge in [-0.2, -0.15) is 0 Å². The normalized spacial score (nSPS) is 25.4. The monoisotopic (exact) mass is 544 g/mol. The zero-order valence-electron chi connectivity index (χ0n) is 23.5. The zero-order valence-corrected chi connectivity index (χ0v) is 23.5. The predicted octanol–water partition coefficient (Wildman–Crippen LogP) is 4.38. The van der Waals surface area contributed by atoms with Crippen LogP contribution in [0.2, 0.25) is 0 Å². The highest BCUT2D eigenvalue weighted by molar-refractivity contribution is 6.04. The molecule has 39 heavy (non-hydrogen) atoms. The summed E-state index contributed by atoms with van der Waals surface area (Å²) < 4.78 is 16.6. The topological polar surface area (TPSA) is 161 Å². The Bertz CT molecular complexity index is 1180. The van der Waals surface area contributed by atoms with Gasteiger partial charge in [0.25, 0.3) is 5.91 Å². The molecule has 10 heteroatoms. The van der Waals surface area contributed by atoms with Crippen LogP contribution in [0.25, 0.3) is 5.76 Å². The second-order valence-corrected chi connectivity index (χ2v) is 9.85. The first-order valence-corrected chi connectivity index (χ1v) is 12.6. The smallest absolute Gasteiger partial charge is 0.405 e. The molecule has 5 atom stereocenters. The summed E-state index contributed by atoms with van der Waals surface area (Å²) in [5.41, 5.74) is 7.11. The molecule has 0 aromatic heterocycles. The highest BCUT2D eigenvalue weighted by Crippen LogP contribution is 2.39. The lowest BCUT2D eigenvalue weighted by atomic mass is 9.89. The number of rotatable bonds is 3. The molecular formula is C29H40N2O8. The van der Waals surface area contributed by atoms with E-state index in [0.717, 1.165) is 0 Å². The number of amides is 2. The van der Waals surface area contributed by atoms with Crippen molar-refractivity contribution in [3.63, 3.8) is 0 Å². The third-order valence-electron chi connectivity index (χ3n) is 6.72. The molecule has 0 radical (unpaired) electrons. The second kappa shape index (κ2) is 13.9. The molecular weight excluding hydrogens is 504 g/mol. The largest absolute Gasteiger partial charge is 0.508 e. The van der Waals surface area contributed by atoms with Crippen LogP contribution in [0.1, 0.15) is 46.6 Å². The number of aliphatic hydroxyl groups is 1. The van der Waals surface area contributed by atoms with Crippen molar-refractivity contribution in [2.24, 2.45) is 17.6 Å². The van der Waals surface area contributed by atoms with Crippen LogP contribution in [0.5, 0.6) is 11.5 Å². The lowest BCUT2D eigenvalue weighted by Gasteiger charge is -2.28. The maximum atomic E-state index is 12.8. The van der Waals surface area contributed by atoms with Gasteiger partial charge in [-0.05, 0) is 38.0 Å². The average Bonchev–Trinajstić information content (AvgIpc) is 2.87. The molecule has 0 spiro atoms. The number of primary amides is 1. The van der Waals surface area contributed by atoms with Gasteiger partial charge >= 0.3 is 6.09 Å². The van der Waals surface area contributed by atoms with E-state index in [-0.39, 0.29) is 40.8 Å². The lowest BCUT2D eigenvalue weighted by molar-refractivity contribution is -0.112. The minimum Gasteiger partial charge on any atom is -0.508 e. The second-order valence-electron chi connectivity index (χ2n) is 9.85. The number of nitrogens with one attached hydrogen (secondary N) is 1. The fourth-order valence-corrected chi connectivity index (χ4v) is 4.60. The van der Waals surface area contributed by atoms with E-state index in [0.29, 0.717) is 16.7 Å². The number of aliphatic hydroxyl groups excluding tert-OH is 1. The van der Waals surface area contributed by atoms with Gasteiger partial charge in [0.05, 0.1) is 30.6 Å². The van der Waals surface area contributed by atoms with Crippen molar-refractivity contribution in [2.75, 3.05) is 19.5 Å². The Morgan fingerprint density at radius 3 is 2.36 bits per heavy atom. The number of phenols is 2. The Morgan fingerprint density at radius 2 is 1.77 bits per heavy atom. The molecule has 214 valence electrons. The van der Waals surface area contributed by atoms with Crippen LogP contribution in [0.3, 0.4) is 0 Å². The molecule has 1 aliphatic rings. The predicted molar refractivity (Wildman–Crippen MR) is 149 cm³/mol. The number of phenolic OH excluding ortho intramolecular Hbond substituents is 2. The van der Waals surface area contributed by atoms with Gasteiger partial charge in [0.1, 0.15) is 23.4 Å². The van der Waals surface area contributed by atoms with Gasteiger partial charge in [-0.1, -0.05) is 38.2 Å². The van der Waals surface area contributed by atoms with Gasteiger partial charge in [-0.25, -0.2) is 4.79 Å². The van der Waals surface area contributed by atoms with E-state index < -0.39 is 36.2 Å². The van der Waals surface area contributed by atoms with Gasteiger partial charge in [0.2, 0.25) is 0 Å². The van der Waals surface area contributed by atoms with Crippen molar-refractivity contribution < 1.29 is 39.1 Å². The number of nitrogens with two attached hydrogens (primary N) is 1. The molecule has 10 nitrogen and oxygen atoms in total. The van der Waals surface area contributed by atoms with E-state index in [1.807, 2.05) is 13.8 Å². The lowest BCUT2D eigenvalue weighted by Crippen LogP contribution is -2.34. The fourth-order valence-electron chi connectivity index (χ4n) is 4.60. The Labute approximate surface area is 229 Å². The molecule has 0 saturated heterocycles. The van der Waals surface area contributed by atoms with Crippen molar-refractivity contribution in [1.82, 2.24) is 0 Å². The van der Waals surface area contributed by atoms with Crippen molar-refractivity contribution in [3.8, 4) is 11.5 Å². The standard InChI is InChI=1S/C29H40N2O8/c1-15-9-8-10-16(2)28(35)31-22-14-20(32)13-21(25(22)34)27(38-7)19(5)12-23(37-6)24(33)17(3)11-18(4)26(15)39-29(30)36/h8-11,13-15,17,23-24,26,32-34H,12H2,1-7H3,(H2,30,36)(H,31,35)/t15-,17-,23-,24+,26+/m0/s1. The number of hydrogen-bond acceptors (Lipinski definition) is 8. The first kappa shape index (κ1) is 31.5. The van der Waals surface area contributed by atoms with Crippen LogP contribution in [-0.4, -0.2) is 59.9 Å². The Balaban J connectivity index is 2.71. The summed E-state index contributed by atoms with van der Waals surface area (Å²) in [6.45, 7) is 8.78. The zero-order chi connectivity index (χ0) is 29.4. The van der Waals surface area contributed by atoms with E-state index in [9.17, 15) is 24.9 Å². The Morgan fingerprint density at radius 1 is 1.10 bits per heavy atom. The molecule has 0 unspecified atom stereocenters. The van der Waals surface area contributed by atoms with Crippen LogP contribution in [0, 0.1) is 11.8 Å². The SMILES string of the molecule is COC1=C(C)C[C@H](OC)[C@H](O)[C@@H](C)C=C(C)[C@H](OC(N)=O)[C@@H](C)C=CC=C(C)C(=O)Nc2cc(O)cc1c2O. The molecule has 1 heterocycles. The summed E-state index contributed by atoms with van der Waals surface area (Å²) in [4.78, 5) is 24.5. The molecule has 6 N–H and O–H groups in total. The Kier molecular flexibility index (Phi) is 11.2. The molecule has 0 saturated carbocycles. The summed E-state index contributed by atoms with van der Waals surface area (Å²) in [6, 6.07) is 2.56. The quantitative estimate of drug-likeness (QED) is 0.213. The molecule has 0 fully saturated rings. The summed E-state index contributed by atoms with van der Waals surface area (Å²) in [5.74, 6) is -1.47. The number of carbonyl (C=O) groups excluding carboxylic acids is 2. The van der Waals surface area contributed by atoms with Gasteiger partial charge in [0, 0.05) is 37.0 Å². The van der Waals surface area contributed by atoms with E-state index in [1.165, 1.54) is 26.4 Å². The van der Waals surface area contributed by atoms with Crippen molar-refractivity contribution in [3.05, 3.63) is 58.7 Å². The van der Waals surface area contributed by atoms with Crippen molar-refractivity contribution >= 4 is 23.4 Å². The maximum absolute atomic E-state index is 12.8. The number of aromatic hydroxyl groups is 2. The average molecular weight is 545 g/mol. The molecule has 0 aliphatic carbocycles. The third kappa shape index (κ3) is 8.11. The molecule has 1 aromatic carbocycles. The van der Waals surface area contributed by atoms with Gasteiger partial charge in [0.15, 0.2) is 0 Å². The molecule has 1 aromatic rings. The highest BCUT2D eigenvalue weighted by Gasteiger charge is 2.28. The van der Waals surface area contributed by atoms with Gasteiger partial charge in [-0.3, -0.25) is 4.79 Å². The Hall–Kier alpha value is -3.76. The minimum absolute atomic E-state index is 0.00735. The number of fused-ring (bicyclic) bond motifs is 2. The minimum atomic E-state index is -0.960. The summed E-state index contributed by atoms with van der Waals surface area (Å²) in [7, 11) is 2.90. The molecule has 2 rings (SSSR count). The van der Waals surface area contributed by atoms with Crippen molar-refractivity contribution in [2.45, 2.75) is 59.4 Å². The molecule has 2 amide bonds. The van der Waals surface area contributed by atoms with E-state index >= 15 is 0 Å². The van der Waals surface area contributed by atoms with Gasteiger partial charge in [-0.15, -0.1) is 0 Å². The number of benzene rings is 1. The van der Waals surface area contributed by atoms with Crippen LogP contribution in [0.4, 0.5) is 10.5 Å². The third-order valence-corrected chi connectivity index (χ3v) is 6.72. The fraction of sp³-hybridized carbons (Fsp3) is 0.448. The highest BCUT2D eigenvalue weighted by atomic mass is 16.6. The van der Waals surface area contributed by atoms with Crippen molar-refractivity contribution in [1.29, 1.82) is 0 Å². The van der Waals surface area contributed by atoms with Crippen LogP contribution in [0.15, 0.2) is 53.2 Å². The summed E-state index contributed by atoms with van der Waals surface area (Å²) >= 11 is 0. The number of hydrogen-bond donors (Lipinski definition) is 5. The van der Waals surface area contributed by atoms with E-state index in [2.05, 4.69) is 5.32 Å². The molecule has 2 bridgehead atoms. The van der Waals surface area contributed by atoms with E-state index in [4.69, 9.17) is 19.9 Å². The van der Waals surface area contributed by atoms with Crippen LogP contribution >= 0.6 is 0 Å². The van der Waals surface area contributed by atoms with E-state index in [1.54, 1.807) is 45.1 Å². The summed E-state index contributed by atoms with van der Waals surface area (Å²) in [5, 5.41) is 35.1. The number of allylic oxidation sites excluding steroid dienone is 2. The first-order valence-electron chi connectivity index (χ1n) is 12.6. The van der Waals surface area contributed by atoms with Crippen LogP contribution in [-0.2, 0) is 19.0 Å². The number of methoxy groups -OCH3 is 2. The number of ether oxygens (including phenoxy) is 3. The first-order chi connectivity index (χ1) is 18.3. The number of anilines is 1. The maximum Gasteiger partial charge on any atom is 0.405 e. The van der Waals surface area contributed by atoms with Gasteiger partial charge < -0.3 is 40.6 Å². The van der Waals surface area contributed by atoms with Crippen LogP contribution < -0.4 is 11.1 Å². The number of carbonyl (C=O) groups is 2. The summed E-state index contributed by atoms with van der Waals surface area (Å²) in [6.07, 6.45) is 3.74. The molecule has 1 aliphatic heterocycles.